The first-order valence-electron chi connectivity index (χ1n) is 6.39. The molecule has 214 valence electrons. The van der Waals surface area contributed by atoms with Crippen molar-refractivity contribution >= 4 is 0 Å². The maximum absolute atomic E-state index is 7.50. The van der Waals surface area contributed by atoms with Gasteiger partial charge in [-0.3, -0.25) is 0 Å². The number of hydrogen-bond donors (Lipinski definition) is 0. The molecule has 1 aliphatic heterocycles. The average Bonchev–Trinajstić information content (AvgIpc) is 3.50. The Morgan fingerprint density at radius 2 is 0.550 bits per heavy atom. The maximum Gasteiger partial charge on any atom is 0 e. The molecule has 0 aliphatic carbocycles. The Balaban J connectivity index is -0.0000000150. The van der Waals surface area contributed by atoms with Gasteiger partial charge in [-0.1, -0.05) is 23.7 Å². The van der Waals surface area contributed by atoms with Crippen LogP contribution in [0.25, 0.3) is 0 Å². The van der Waals surface area contributed by atoms with Crippen molar-refractivity contribution in [3.8, 4) is 23.7 Å². The Hall–Kier alpha value is -2.69. The zero-order valence-corrected chi connectivity index (χ0v) is 23.1. The zero-order valence-electron chi connectivity index (χ0n) is 18.9. The minimum absolute atomic E-state index is 0. The van der Waals surface area contributed by atoms with Gasteiger partial charge in [-0.15, -0.1) is 0 Å². The molecule has 2 rings (SSSR count). The summed E-state index contributed by atoms with van der Waals surface area (Å²) in [6.45, 7) is 54.0. The third kappa shape index (κ3) is 156. The van der Waals surface area contributed by atoms with Crippen molar-refractivity contribution in [3.05, 3.63) is 103 Å². The number of furan rings is 1. The van der Waals surface area contributed by atoms with Gasteiger partial charge in [-0.25, -0.2) is 0 Å². The molecule has 13 nitrogen and oxygen atoms in total. The van der Waals surface area contributed by atoms with Gasteiger partial charge in [0.05, 0.1) is 19.3 Å². The first-order valence-corrected chi connectivity index (χ1v) is 6.39. The predicted molar refractivity (Wildman–Crippen MR) is 93.4 cm³/mol. The monoisotopic (exact) mass is 728 g/mol. The molecule has 0 unspecified atom stereocenters. The van der Waals surface area contributed by atoms with Crippen molar-refractivity contribution in [2.45, 2.75) is 19.3 Å². The van der Waals surface area contributed by atoms with Gasteiger partial charge >= 0.3 is 136 Å². The summed E-state index contributed by atoms with van der Waals surface area (Å²) in [5.41, 5.74) is 0. The molecule has 1 aliphatic rings. The summed E-state index contributed by atoms with van der Waals surface area (Å²) in [5, 5.41) is 0. The van der Waals surface area contributed by atoms with E-state index in [4.69, 9.17) is 60.2 Å². The van der Waals surface area contributed by atoms with Crippen LogP contribution in [0.3, 0.4) is 0 Å². The molecule has 40 heavy (non-hydrogen) atoms. The minimum Gasteiger partial charge on any atom is 0 e. The first kappa shape index (κ1) is 98.8. The molecular weight excluding hydrogens is 720 g/mol. The third-order valence-electron chi connectivity index (χ3n) is 1.67. The predicted octanol–water partition coefficient (Wildman–Crippen LogP) is 1.31. The summed E-state index contributed by atoms with van der Waals surface area (Å²) >= 11 is 0. The Bertz CT molecular complexity index is 739. The van der Waals surface area contributed by atoms with Gasteiger partial charge in [0.1, 0.15) is 11.5 Å². The molecule has 0 aromatic carbocycles. The Kier molecular flexibility index (Phi) is 632. The SMILES string of the molecule is C1#CCc2ccc(o2)CC#CC1.[C-]#[O+].[C-]#[O+].[C-]#[O+].[C-]#[O+].[C-]#[O+].[C-]#[O+].[C-]#[O+].[C-]#[O+].[C-]#[O+].[C-]#[O+].[C-]#[O+].[C-]#[O+].[Co].[Co].[Co].[Co]. The van der Waals surface area contributed by atoms with Gasteiger partial charge < -0.3 is 4.42 Å². The van der Waals surface area contributed by atoms with Crippen LogP contribution in [0.1, 0.15) is 17.9 Å². The fourth-order valence-corrected chi connectivity index (χ4v) is 1.08. The summed E-state index contributed by atoms with van der Waals surface area (Å²) in [6.07, 6.45) is 2.10. The first-order chi connectivity index (χ1) is 17.9. The van der Waals surface area contributed by atoms with Crippen molar-refractivity contribution < 1.29 is 127 Å². The summed E-state index contributed by atoms with van der Waals surface area (Å²) in [6, 6.07) is 3.94. The molecule has 0 saturated carbocycles. The second-order valence-electron chi connectivity index (χ2n) is 2.61. The van der Waals surface area contributed by atoms with Crippen LogP contribution in [0.4, 0.5) is 0 Å². The molecular formula is C23H8Co4O13. The van der Waals surface area contributed by atoms with E-state index in [0.29, 0.717) is 19.3 Å². The van der Waals surface area contributed by atoms with Crippen molar-refractivity contribution in [2.75, 3.05) is 0 Å². The van der Waals surface area contributed by atoms with Crippen LogP contribution in [0.15, 0.2) is 16.5 Å². The van der Waals surface area contributed by atoms with Crippen molar-refractivity contribution in [1.29, 1.82) is 0 Å². The van der Waals surface area contributed by atoms with Crippen LogP contribution in [-0.4, -0.2) is 0 Å². The number of fused-ring (bicyclic) bond motifs is 2. The molecule has 1 aromatic rings. The number of hydrogen-bond acceptors (Lipinski definition) is 1. The topological polar surface area (TPSA) is 252 Å². The molecule has 2 heterocycles. The largest absolute Gasteiger partial charge is 0 e. The van der Waals surface area contributed by atoms with E-state index in [2.05, 4.69) is 103 Å². The average molecular weight is 728 g/mol. The van der Waals surface area contributed by atoms with Crippen LogP contribution in [0.5, 0.6) is 0 Å². The van der Waals surface area contributed by atoms with Gasteiger partial charge in [0, 0.05) is 67.1 Å². The zero-order chi connectivity index (χ0) is 32.2. The fourth-order valence-electron chi connectivity index (χ4n) is 1.08. The summed E-state index contributed by atoms with van der Waals surface area (Å²) in [4.78, 5) is 0. The van der Waals surface area contributed by atoms with E-state index in [9.17, 15) is 0 Å². The smallest absolute Gasteiger partial charge is 0 e. The second kappa shape index (κ2) is 256. The van der Waals surface area contributed by atoms with Crippen molar-refractivity contribution in [1.82, 2.24) is 0 Å². The van der Waals surface area contributed by atoms with Crippen LogP contribution >= 0.6 is 0 Å². The molecule has 0 fully saturated rings. The molecule has 0 saturated heterocycles. The Morgan fingerprint density at radius 1 is 0.375 bits per heavy atom. The number of rotatable bonds is 0. The van der Waals surface area contributed by atoms with E-state index in [1.807, 2.05) is 12.1 Å². The summed E-state index contributed by atoms with van der Waals surface area (Å²) < 4.78 is 95.5. The van der Waals surface area contributed by atoms with E-state index in [1.54, 1.807) is 0 Å². The second-order valence-corrected chi connectivity index (χ2v) is 2.61. The molecule has 0 spiro atoms. The summed E-state index contributed by atoms with van der Waals surface area (Å²) in [7, 11) is 0. The molecule has 17 heteroatoms. The Labute approximate surface area is 272 Å². The van der Waals surface area contributed by atoms with Crippen LogP contribution in [0.2, 0.25) is 0 Å². The van der Waals surface area contributed by atoms with Gasteiger partial charge in [-0.2, -0.15) is 0 Å². The van der Waals surface area contributed by atoms with E-state index in [-0.39, 0.29) is 67.1 Å². The van der Waals surface area contributed by atoms with Crippen molar-refractivity contribution in [2.24, 2.45) is 0 Å². The van der Waals surface area contributed by atoms with Gasteiger partial charge in [0.2, 0.25) is 0 Å². The molecule has 0 atom stereocenters. The Morgan fingerprint density at radius 3 is 0.725 bits per heavy atom. The van der Waals surface area contributed by atoms with Crippen LogP contribution < -0.4 is 0 Å². The van der Waals surface area contributed by atoms with E-state index in [0.717, 1.165) is 11.5 Å². The third-order valence-corrected chi connectivity index (χ3v) is 1.67. The van der Waals surface area contributed by atoms with Crippen molar-refractivity contribution in [3.63, 3.8) is 0 Å². The summed E-state index contributed by atoms with van der Waals surface area (Å²) in [5.74, 6) is 13.8. The van der Waals surface area contributed by atoms with Crippen LogP contribution in [-0.2, 0) is 136 Å². The molecule has 0 N–H and O–H groups in total. The standard InChI is InChI=1S/C11H8O.12CO.4Co/c1-2-4-6-10-8-9-11(12-10)7-5-3-1;12*1-2;;;;/h8-9H,1,6-7H2;;;;;;;;;;;;;;;;. The fraction of sp³-hybridized carbons (Fsp3) is 0.130. The molecule has 2 bridgehead atoms. The molecule has 0 amide bonds. The van der Waals surface area contributed by atoms with E-state index in [1.165, 1.54) is 0 Å². The van der Waals surface area contributed by atoms with Gasteiger partial charge in [0.25, 0.3) is 0 Å². The van der Waals surface area contributed by atoms with Crippen LogP contribution in [0, 0.1) is 103 Å². The minimum atomic E-state index is 0. The van der Waals surface area contributed by atoms with E-state index < -0.39 is 0 Å². The van der Waals surface area contributed by atoms with Gasteiger partial charge in [0.15, 0.2) is 0 Å². The maximum atomic E-state index is 7.50. The van der Waals surface area contributed by atoms with E-state index >= 15 is 0 Å². The molecule has 4 radical (unpaired) electrons. The molecule has 1 aromatic heterocycles. The normalized spacial score (nSPS) is 4.70. The van der Waals surface area contributed by atoms with Gasteiger partial charge in [-0.05, 0) is 12.1 Å². The quantitative estimate of drug-likeness (QED) is 0.214.